The Morgan fingerprint density at radius 2 is 2.11 bits per heavy atom. The van der Waals surface area contributed by atoms with Gasteiger partial charge in [0.1, 0.15) is 6.23 Å². The summed E-state index contributed by atoms with van der Waals surface area (Å²) in [7, 11) is 0. The Morgan fingerprint density at radius 1 is 1.42 bits per heavy atom. The second-order valence-corrected chi connectivity index (χ2v) is 5.91. The van der Waals surface area contributed by atoms with Crippen LogP contribution in [0.2, 0.25) is 0 Å². The summed E-state index contributed by atoms with van der Waals surface area (Å²) in [6.45, 7) is 8.76. The van der Waals surface area contributed by atoms with Gasteiger partial charge in [-0.15, -0.1) is 0 Å². The van der Waals surface area contributed by atoms with Crippen molar-refractivity contribution in [2.24, 2.45) is 0 Å². The van der Waals surface area contributed by atoms with Gasteiger partial charge in [0.05, 0.1) is 12.1 Å². The highest BCUT2D eigenvalue weighted by Gasteiger charge is 2.40. The van der Waals surface area contributed by atoms with Gasteiger partial charge in [-0.05, 0) is 45.2 Å². The third kappa shape index (κ3) is 2.98. The van der Waals surface area contributed by atoms with Gasteiger partial charge in [0.2, 0.25) is 5.91 Å². The average Bonchev–Trinajstić information content (AvgIpc) is 2.62. The number of hydrogen-bond donors (Lipinski definition) is 0. The molecule has 1 saturated heterocycles. The zero-order valence-electron chi connectivity index (χ0n) is 12.3. The third-order valence-corrected chi connectivity index (χ3v) is 3.83. The second-order valence-electron chi connectivity index (χ2n) is 5.91. The van der Waals surface area contributed by atoms with E-state index >= 15 is 0 Å². The van der Waals surface area contributed by atoms with E-state index in [4.69, 9.17) is 4.74 Å². The summed E-state index contributed by atoms with van der Waals surface area (Å²) in [5.41, 5.74) is 2.31. The summed E-state index contributed by atoms with van der Waals surface area (Å²) < 4.78 is 5.58. The fourth-order valence-electron chi connectivity index (χ4n) is 2.75. The van der Waals surface area contributed by atoms with Crippen molar-refractivity contribution >= 4 is 5.91 Å². The van der Waals surface area contributed by atoms with Crippen LogP contribution in [0.15, 0.2) is 24.3 Å². The maximum Gasteiger partial charge on any atom is 0.225 e. The van der Waals surface area contributed by atoms with Crippen molar-refractivity contribution in [3.05, 3.63) is 35.4 Å². The van der Waals surface area contributed by atoms with Crippen LogP contribution in [0, 0.1) is 6.92 Å². The molecule has 19 heavy (non-hydrogen) atoms. The van der Waals surface area contributed by atoms with Crippen LogP contribution in [-0.2, 0) is 16.0 Å². The molecule has 2 rings (SSSR count). The van der Waals surface area contributed by atoms with Gasteiger partial charge in [0, 0.05) is 6.42 Å². The summed E-state index contributed by atoms with van der Waals surface area (Å²) in [6, 6.07) is 8.24. The Hall–Kier alpha value is -1.35. The number of rotatable bonds is 3. The Balaban J connectivity index is 2.00. The first-order chi connectivity index (χ1) is 8.92. The number of amides is 1. The van der Waals surface area contributed by atoms with Gasteiger partial charge >= 0.3 is 0 Å². The predicted octanol–water partition coefficient (Wildman–Crippen LogP) is 2.91. The van der Waals surface area contributed by atoms with E-state index in [0.29, 0.717) is 13.0 Å². The summed E-state index contributed by atoms with van der Waals surface area (Å²) in [4.78, 5) is 14.3. The lowest BCUT2D eigenvalue weighted by Gasteiger charge is -2.32. The Labute approximate surface area is 115 Å². The maximum atomic E-state index is 12.4. The molecule has 0 bridgehead atoms. The first kappa shape index (κ1) is 14.1. The van der Waals surface area contributed by atoms with Crippen molar-refractivity contribution < 1.29 is 9.53 Å². The SMILES string of the molecule is Cc1ccccc1CCC(=O)N1C(C)OCC1(C)C. The Kier molecular flexibility index (Phi) is 3.95. The van der Waals surface area contributed by atoms with E-state index in [-0.39, 0.29) is 17.7 Å². The minimum Gasteiger partial charge on any atom is -0.356 e. The van der Waals surface area contributed by atoms with E-state index in [1.54, 1.807) is 0 Å². The fourth-order valence-corrected chi connectivity index (χ4v) is 2.75. The molecular formula is C16H23NO2. The molecule has 1 atom stereocenters. The number of benzene rings is 1. The van der Waals surface area contributed by atoms with Crippen LogP contribution >= 0.6 is 0 Å². The molecule has 3 heteroatoms. The summed E-state index contributed by atoms with van der Waals surface area (Å²) >= 11 is 0. The molecule has 104 valence electrons. The molecule has 1 aromatic carbocycles. The molecule has 0 N–H and O–H groups in total. The van der Waals surface area contributed by atoms with E-state index < -0.39 is 0 Å². The first-order valence-electron chi connectivity index (χ1n) is 6.90. The van der Waals surface area contributed by atoms with Gasteiger partial charge < -0.3 is 9.64 Å². The number of carbonyl (C=O) groups excluding carboxylic acids is 1. The van der Waals surface area contributed by atoms with Crippen molar-refractivity contribution in [3.8, 4) is 0 Å². The Bertz CT molecular complexity index is 468. The topological polar surface area (TPSA) is 29.5 Å². The van der Waals surface area contributed by atoms with Gasteiger partial charge in [-0.25, -0.2) is 0 Å². The van der Waals surface area contributed by atoms with Crippen LogP contribution in [0.1, 0.15) is 38.3 Å². The van der Waals surface area contributed by atoms with E-state index in [2.05, 4.69) is 32.9 Å². The monoisotopic (exact) mass is 261 g/mol. The zero-order valence-corrected chi connectivity index (χ0v) is 12.3. The first-order valence-corrected chi connectivity index (χ1v) is 6.90. The van der Waals surface area contributed by atoms with Crippen LogP contribution in [0.25, 0.3) is 0 Å². The lowest BCUT2D eigenvalue weighted by Crippen LogP contribution is -2.47. The predicted molar refractivity (Wildman–Crippen MR) is 75.8 cm³/mol. The van der Waals surface area contributed by atoms with Crippen LogP contribution in [0.4, 0.5) is 0 Å². The highest BCUT2D eigenvalue weighted by molar-refractivity contribution is 5.77. The van der Waals surface area contributed by atoms with Gasteiger partial charge in [0.15, 0.2) is 0 Å². The molecule has 1 heterocycles. The lowest BCUT2D eigenvalue weighted by molar-refractivity contribution is -0.139. The van der Waals surface area contributed by atoms with Crippen molar-refractivity contribution in [2.45, 2.75) is 52.3 Å². The molecule has 1 aliphatic heterocycles. The van der Waals surface area contributed by atoms with Gasteiger partial charge in [-0.3, -0.25) is 4.79 Å². The van der Waals surface area contributed by atoms with Gasteiger partial charge in [-0.1, -0.05) is 24.3 Å². The zero-order chi connectivity index (χ0) is 14.0. The standard InChI is InChI=1S/C16H23NO2/c1-12-7-5-6-8-14(12)9-10-15(18)17-13(2)19-11-16(17,3)4/h5-8,13H,9-11H2,1-4H3. The molecule has 0 aliphatic carbocycles. The molecule has 1 aromatic rings. The molecule has 1 fully saturated rings. The lowest BCUT2D eigenvalue weighted by atomic mass is 10.0. The number of nitrogens with zero attached hydrogens (tertiary/aromatic N) is 1. The summed E-state index contributed by atoms with van der Waals surface area (Å²) in [6.07, 6.45) is 1.23. The summed E-state index contributed by atoms with van der Waals surface area (Å²) in [5, 5.41) is 0. The maximum absolute atomic E-state index is 12.4. The highest BCUT2D eigenvalue weighted by atomic mass is 16.5. The molecule has 1 unspecified atom stereocenters. The molecule has 0 saturated carbocycles. The quantitative estimate of drug-likeness (QED) is 0.837. The smallest absolute Gasteiger partial charge is 0.225 e. The van der Waals surface area contributed by atoms with E-state index in [1.165, 1.54) is 11.1 Å². The van der Waals surface area contributed by atoms with Gasteiger partial charge in [0.25, 0.3) is 0 Å². The van der Waals surface area contributed by atoms with Gasteiger partial charge in [-0.2, -0.15) is 0 Å². The molecule has 1 amide bonds. The van der Waals surface area contributed by atoms with Crippen LogP contribution < -0.4 is 0 Å². The number of aryl methyl sites for hydroxylation is 2. The van der Waals surface area contributed by atoms with Crippen LogP contribution in [-0.4, -0.2) is 29.2 Å². The molecule has 0 spiro atoms. The van der Waals surface area contributed by atoms with Crippen molar-refractivity contribution in [3.63, 3.8) is 0 Å². The molecule has 1 aliphatic rings. The Morgan fingerprint density at radius 3 is 2.68 bits per heavy atom. The third-order valence-electron chi connectivity index (χ3n) is 3.83. The normalized spacial score (nSPS) is 21.7. The van der Waals surface area contributed by atoms with E-state index in [9.17, 15) is 4.79 Å². The second kappa shape index (κ2) is 5.33. The van der Waals surface area contributed by atoms with Crippen LogP contribution in [0.3, 0.4) is 0 Å². The summed E-state index contributed by atoms with van der Waals surface area (Å²) in [5.74, 6) is 0.179. The van der Waals surface area contributed by atoms with E-state index in [0.717, 1.165) is 6.42 Å². The van der Waals surface area contributed by atoms with Crippen LogP contribution in [0.5, 0.6) is 0 Å². The van der Waals surface area contributed by atoms with Crippen molar-refractivity contribution in [2.75, 3.05) is 6.61 Å². The molecule has 0 aromatic heterocycles. The molecule has 3 nitrogen and oxygen atoms in total. The largest absolute Gasteiger partial charge is 0.356 e. The fraction of sp³-hybridized carbons (Fsp3) is 0.562. The number of carbonyl (C=O) groups is 1. The van der Waals surface area contributed by atoms with Crippen molar-refractivity contribution in [1.82, 2.24) is 4.90 Å². The number of hydrogen-bond acceptors (Lipinski definition) is 2. The average molecular weight is 261 g/mol. The highest BCUT2D eigenvalue weighted by Crippen LogP contribution is 2.27. The van der Waals surface area contributed by atoms with Crippen molar-refractivity contribution in [1.29, 1.82) is 0 Å². The minimum absolute atomic E-state index is 0.112. The minimum atomic E-state index is -0.192. The van der Waals surface area contributed by atoms with E-state index in [1.807, 2.05) is 24.0 Å². The molecule has 0 radical (unpaired) electrons. The number of ether oxygens (including phenoxy) is 1. The molecular weight excluding hydrogens is 238 g/mol.